The molecule has 3 aromatic heterocycles. The van der Waals surface area contributed by atoms with Gasteiger partial charge < -0.3 is 15.0 Å². The summed E-state index contributed by atoms with van der Waals surface area (Å²) in [4.78, 5) is 20.6. The fraction of sp³-hybridized carbons (Fsp3) is 0.240. The molecule has 178 valence electrons. The molecule has 1 atom stereocenters. The maximum absolute atomic E-state index is 5.67. The number of morpholine rings is 1. The Kier molecular flexibility index (Phi) is 6.80. The number of anilines is 1. The van der Waals surface area contributed by atoms with Crippen molar-refractivity contribution in [3.05, 3.63) is 72.8 Å². The van der Waals surface area contributed by atoms with Crippen LogP contribution in [0.4, 0.5) is 5.95 Å². The van der Waals surface area contributed by atoms with Gasteiger partial charge in [-0.1, -0.05) is 36.4 Å². The van der Waals surface area contributed by atoms with Crippen molar-refractivity contribution in [2.45, 2.75) is 12.6 Å². The Morgan fingerprint density at radius 1 is 1.03 bits per heavy atom. The fourth-order valence-electron chi connectivity index (χ4n) is 4.34. The van der Waals surface area contributed by atoms with Crippen LogP contribution in [0.2, 0.25) is 0 Å². The number of ether oxygens (including phenoxy) is 1. The van der Waals surface area contributed by atoms with Crippen molar-refractivity contribution in [1.29, 1.82) is 0 Å². The minimum atomic E-state index is 0. The number of H-pyrrole nitrogens is 1. The molecule has 2 N–H and O–H groups in total. The summed E-state index contributed by atoms with van der Waals surface area (Å²) < 4.78 is 5.67. The lowest BCUT2D eigenvalue weighted by atomic mass is 10.1. The lowest BCUT2D eigenvalue weighted by molar-refractivity contribution is 0.0786. The van der Waals surface area contributed by atoms with Gasteiger partial charge in [-0.15, -0.1) is 12.4 Å². The third-order valence-corrected chi connectivity index (χ3v) is 6.03. The van der Waals surface area contributed by atoms with E-state index < -0.39 is 0 Å². The summed E-state index contributed by atoms with van der Waals surface area (Å²) in [6, 6.07) is 16.8. The van der Waals surface area contributed by atoms with Gasteiger partial charge in [-0.05, 0) is 17.7 Å². The van der Waals surface area contributed by atoms with Crippen LogP contribution in [0.3, 0.4) is 0 Å². The standard InChI is InChI=1S/C25H24N8O.ClH/c1-2-4-17(5-3-1)13-33(14-20-15-34-9-8-26-20)25-27-11-19-10-18(6-7-22(19)31-25)23-21-12-30-32-24(21)29-16-28-23;/h1-7,10-12,16,20,26H,8-9,13-15H2,(H,28,29,30,32);1H/t20-;/m0./s1. The zero-order valence-electron chi connectivity index (χ0n) is 19.0. The van der Waals surface area contributed by atoms with Crippen LogP contribution in [0.25, 0.3) is 33.2 Å². The van der Waals surface area contributed by atoms with Gasteiger partial charge in [0.15, 0.2) is 5.65 Å². The first-order valence-corrected chi connectivity index (χ1v) is 11.3. The summed E-state index contributed by atoms with van der Waals surface area (Å²) in [5.74, 6) is 0.704. The highest BCUT2D eigenvalue weighted by Crippen LogP contribution is 2.27. The molecule has 1 aliphatic rings. The maximum Gasteiger partial charge on any atom is 0.226 e. The van der Waals surface area contributed by atoms with Gasteiger partial charge in [0, 0.05) is 42.8 Å². The molecule has 1 aliphatic heterocycles. The number of hydrogen-bond donors (Lipinski definition) is 2. The summed E-state index contributed by atoms with van der Waals surface area (Å²) >= 11 is 0. The van der Waals surface area contributed by atoms with Gasteiger partial charge in [0.1, 0.15) is 6.33 Å². The first kappa shape index (κ1) is 23.1. The Hall–Kier alpha value is -3.66. The number of halogens is 1. The van der Waals surface area contributed by atoms with Crippen molar-refractivity contribution in [1.82, 2.24) is 35.5 Å². The van der Waals surface area contributed by atoms with Crippen LogP contribution < -0.4 is 10.2 Å². The van der Waals surface area contributed by atoms with Crippen LogP contribution >= 0.6 is 12.4 Å². The van der Waals surface area contributed by atoms with E-state index in [-0.39, 0.29) is 18.4 Å². The lowest BCUT2D eigenvalue weighted by Gasteiger charge is -2.30. The molecule has 0 radical (unpaired) electrons. The molecule has 6 rings (SSSR count). The largest absolute Gasteiger partial charge is 0.378 e. The van der Waals surface area contributed by atoms with Crippen molar-refractivity contribution >= 4 is 40.3 Å². The Morgan fingerprint density at radius 3 is 2.80 bits per heavy atom. The van der Waals surface area contributed by atoms with E-state index in [1.807, 2.05) is 24.4 Å². The molecular weight excluding hydrogens is 464 g/mol. The SMILES string of the molecule is Cl.c1ccc(CN(C[C@H]2COCCN2)c2ncc3cc(-c4ncnc5[nH]ncc45)ccc3n2)cc1. The van der Waals surface area contributed by atoms with E-state index in [0.717, 1.165) is 53.8 Å². The summed E-state index contributed by atoms with van der Waals surface area (Å²) in [5, 5.41) is 12.4. The molecule has 2 aromatic carbocycles. The Morgan fingerprint density at radius 2 is 1.94 bits per heavy atom. The van der Waals surface area contributed by atoms with E-state index in [9.17, 15) is 0 Å². The van der Waals surface area contributed by atoms with Crippen LogP contribution in [0.5, 0.6) is 0 Å². The first-order valence-electron chi connectivity index (χ1n) is 11.3. The highest BCUT2D eigenvalue weighted by molar-refractivity contribution is 5.93. The summed E-state index contributed by atoms with van der Waals surface area (Å²) in [7, 11) is 0. The van der Waals surface area contributed by atoms with Gasteiger partial charge in [0.05, 0.1) is 36.0 Å². The Bertz CT molecular complexity index is 1420. The number of benzene rings is 2. The Balaban J connectivity index is 0.00000253. The number of aromatic nitrogens is 6. The van der Waals surface area contributed by atoms with Crippen molar-refractivity contribution in [3.8, 4) is 11.3 Å². The average molecular weight is 489 g/mol. The van der Waals surface area contributed by atoms with E-state index in [1.54, 1.807) is 12.5 Å². The second kappa shape index (κ2) is 10.3. The number of nitrogens with one attached hydrogen (secondary N) is 2. The zero-order valence-corrected chi connectivity index (χ0v) is 19.8. The molecule has 10 heteroatoms. The fourth-order valence-corrected chi connectivity index (χ4v) is 4.34. The third-order valence-electron chi connectivity index (χ3n) is 6.03. The van der Waals surface area contributed by atoms with Crippen LogP contribution in [0.15, 0.2) is 67.3 Å². The van der Waals surface area contributed by atoms with Crippen LogP contribution in [0, 0.1) is 0 Å². The van der Waals surface area contributed by atoms with Gasteiger partial charge >= 0.3 is 0 Å². The summed E-state index contributed by atoms with van der Waals surface area (Å²) in [5.41, 5.74) is 4.62. The minimum absolute atomic E-state index is 0. The van der Waals surface area contributed by atoms with Crippen LogP contribution in [-0.2, 0) is 11.3 Å². The second-order valence-electron chi connectivity index (χ2n) is 8.39. The topological polar surface area (TPSA) is 105 Å². The zero-order chi connectivity index (χ0) is 22.7. The molecule has 4 heterocycles. The normalized spacial score (nSPS) is 15.7. The third kappa shape index (κ3) is 4.93. The number of fused-ring (bicyclic) bond motifs is 2. The average Bonchev–Trinajstić information content (AvgIpc) is 3.38. The van der Waals surface area contributed by atoms with E-state index in [2.05, 4.69) is 60.7 Å². The van der Waals surface area contributed by atoms with Gasteiger partial charge in [0.2, 0.25) is 5.95 Å². The number of aromatic amines is 1. The Labute approximate surface area is 208 Å². The smallest absolute Gasteiger partial charge is 0.226 e. The highest BCUT2D eigenvalue weighted by atomic mass is 35.5. The number of hydrogen-bond acceptors (Lipinski definition) is 8. The second-order valence-corrected chi connectivity index (χ2v) is 8.39. The maximum atomic E-state index is 5.67. The number of rotatable bonds is 6. The van der Waals surface area contributed by atoms with Gasteiger partial charge in [-0.2, -0.15) is 5.10 Å². The molecule has 0 amide bonds. The predicted octanol–water partition coefficient (Wildman–Crippen LogP) is 3.38. The molecular formula is C25H25ClN8O. The molecule has 0 aliphatic carbocycles. The van der Waals surface area contributed by atoms with E-state index >= 15 is 0 Å². The molecule has 35 heavy (non-hydrogen) atoms. The summed E-state index contributed by atoms with van der Waals surface area (Å²) in [6.45, 7) is 3.78. The van der Waals surface area contributed by atoms with E-state index in [4.69, 9.17) is 14.7 Å². The highest BCUT2D eigenvalue weighted by Gasteiger charge is 2.20. The molecule has 0 spiro atoms. The first-order chi connectivity index (χ1) is 16.8. The molecule has 0 bridgehead atoms. The van der Waals surface area contributed by atoms with Gasteiger partial charge in [0.25, 0.3) is 0 Å². The lowest BCUT2D eigenvalue weighted by Crippen LogP contribution is -2.48. The van der Waals surface area contributed by atoms with Gasteiger partial charge in [-0.25, -0.2) is 19.9 Å². The quantitative estimate of drug-likeness (QED) is 0.375. The molecule has 1 fully saturated rings. The number of nitrogens with zero attached hydrogens (tertiary/aromatic N) is 6. The predicted molar refractivity (Wildman–Crippen MR) is 138 cm³/mol. The molecule has 0 unspecified atom stereocenters. The van der Waals surface area contributed by atoms with Crippen LogP contribution in [0.1, 0.15) is 5.56 Å². The summed E-state index contributed by atoms with van der Waals surface area (Å²) in [6.07, 6.45) is 5.18. The van der Waals surface area contributed by atoms with E-state index in [1.165, 1.54) is 5.56 Å². The molecule has 5 aromatic rings. The molecule has 1 saturated heterocycles. The van der Waals surface area contributed by atoms with Crippen molar-refractivity contribution in [2.75, 3.05) is 31.2 Å². The molecule has 9 nitrogen and oxygen atoms in total. The minimum Gasteiger partial charge on any atom is -0.378 e. The van der Waals surface area contributed by atoms with Crippen molar-refractivity contribution in [2.24, 2.45) is 0 Å². The van der Waals surface area contributed by atoms with E-state index in [0.29, 0.717) is 18.2 Å². The molecule has 0 saturated carbocycles. The van der Waals surface area contributed by atoms with Crippen molar-refractivity contribution < 1.29 is 4.74 Å². The van der Waals surface area contributed by atoms with Crippen LogP contribution in [-0.4, -0.2) is 62.5 Å². The monoisotopic (exact) mass is 488 g/mol. The van der Waals surface area contributed by atoms with Gasteiger partial charge in [-0.3, -0.25) is 5.10 Å². The van der Waals surface area contributed by atoms with Crippen molar-refractivity contribution in [3.63, 3.8) is 0 Å².